The lowest BCUT2D eigenvalue weighted by Crippen LogP contribution is -2.03. The molecule has 0 spiro atoms. The van der Waals surface area contributed by atoms with Gasteiger partial charge >= 0.3 is 0 Å². The summed E-state index contributed by atoms with van der Waals surface area (Å²) in [7, 11) is 0. The molecule has 1 atom stereocenters. The minimum atomic E-state index is -0.557. The second-order valence-electron chi connectivity index (χ2n) is 5.70. The molecule has 0 fully saturated rings. The van der Waals surface area contributed by atoms with E-state index in [1.807, 2.05) is 32.0 Å². The summed E-state index contributed by atoms with van der Waals surface area (Å²) in [6.07, 6.45) is 1.29. The molecule has 0 bridgehead atoms. The summed E-state index contributed by atoms with van der Waals surface area (Å²) >= 11 is 0. The first-order valence-electron chi connectivity index (χ1n) is 7.84. The Labute approximate surface area is 134 Å². The standard InChI is InChI=1S/C19H19F2NO/c1-3-23-18-11-12(2)7-8-13(18)16-9-10-17(22-16)19-14(20)5-4-6-15(19)21/h4-8,11,16H,3,9-10H2,1-2H3. The molecule has 4 heteroatoms. The smallest absolute Gasteiger partial charge is 0.135 e. The van der Waals surface area contributed by atoms with E-state index in [-0.39, 0.29) is 11.6 Å². The number of halogens is 2. The maximum absolute atomic E-state index is 13.9. The number of hydrogen-bond donors (Lipinski definition) is 0. The number of hydrogen-bond acceptors (Lipinski definition) is 2. The van der Waals surface area contributed by atoms with Gasteiger partial charge in [-0.3, -0.25) is 4.99 Å². The van der Waals surface area contributed by atoms with Crippen LogP contribution in [-0.4, -0.2) is 12.3 Å². The monoisotopic (exact) mass is 315 g/mol. The Morgan fingerprint density at radius 1 is 1.17 bits per heavy atom. The van der Waals surface area contributed by atoms with Crippen LogP contribution in [0.5, 0.6) is 5.75 Å². The van der Waals surface area contributed by atoms with E-state index < -0.39 is 11.6 Å². The Balaban J connectivity index is 1.97. The summed E-state index contributed by atoms with van der Waals surface area (Å²) in [6.45, 7) is 4.51. The lowest BCUT2D eigenvalue weighted by atomic mass is 10.0. The van der Waals surface area contributed by atoms with Crippen LogP contribution in [-0.2, 0) is 0 Å². The molecule has 0 aliphatic carbocycles. The van der Waals surface area contributed by atoms with E-state index in [0.717, 1.165) is 23.3 Å². The Morgan fingerprint density at radius 3 is 2.61 bits per heavy atom. The summed E-state index contributed by atoms with van der Waals surface area (Å²) < 4.78 is 33.6. The molecule has 23 heavy (non-hydrogen) atoms. The minimum Gasteiger partial charge on any atom is -0.494 e. The van der Waals surface area contributed by atoms with E-state index in [4.69, 9.17) is 4.74 Å². The van der Waals surface area contributed by atoms with E-state index in [9.17, 15) is 8.78 Å². The van der Waals surface area contributed by atoms with E-state index >= 15 is 0 Å². The SMILES string of the molecule is CCOc1cc(C)ccc1C1CCC(c2c(F)cccc2F)=N1. The van der Waals surface area contributed by atoms with Crippen LogP contribution in [0.25, 0.3) is 0 Å². The van der Waals surface area contributed by atoms with Gasteiger partial charge in [0.1, 0.15) is 17.4 Å². The highest BCUT2D eigenvalue weighted by Gasteiger charge is 2.26. The number of rotatable bonds is 4. The van der Waals surface area contributed by atoms with Gasteiger partial charge in [-0.1, -0.05) is 18.2 Å². The van der Waals surface area contributed by atoms with Crippen molar-refractivity contribution in [1.82, 2.24) is 0 Å². The van der Waals surface area contributed by atoms with Gasteiger partial charge in [-0.2, -0.15) is 0 Å². The number of aryl methyl sites for hydroxylation is 1. The molecule has 0 amide bonds. The van der Waals surface area contributed by atoms with Gasteiger partial charge in [0.15, 0.2) is 0 Å². The predicted molar refractivity (Wildman–Crippen MR) is 87.2 cm³/mol. The molecule has 2 aromatic carbocycles. The minimum absolute atomic E-state index is 0.0000663. The second-order valence-corrected chi connectivity index (χ2v) is 5.70. The van der Waals surface area contributed by atoms with Crippen LogP contribution >= 0.6 is 0 Å². The van der Waals surface area contributed by atoms with Gasteiger partial charge in [0.25, 0.3) is 0 Å². The summed E-state index contributed by atoms with van der Waals surface area (Å²) in [5, 5.41) is 0. The van der Waals surface area contributed by atoms with Crippen molar-refractivity contribution in [3.8, 4) is 5.75 Å². The van der Waals surface area contributed by atoms with Gasteiger partial charge in [0.05, 0.1) is 18.2 Å². The normalized spacial score (nSPS) is 17.2. The molecule has 0 saturated heterocycles. The van der Waals surface area contributed by atoms with Crippen LogP contribution in [0.15, 0.2) is 41.4 Å². The largest absolute Gasteiger partial charge is 0.494 e. The van der Waals surface area contributed by atoms with Crippen LogP contribution < -0.4 is 4.74 Å². The van der Waals surface area contributed by atoms with Crippen molar-refractivity contribution in [2.24, 2.45) is 4.99 Å². The molecule has 3 rings (SSSR count). The average Bonchev–Trinajstić information content (AvgIpc) is 2.97. The fourth-order valence-corrected chi connectivity index (χ4v) is 2.98. The Bertz CT molecular complexity index is 735. The van der Waals surface area contributed by atoms with Gasteiger partial charge in [-0.15, -0.1) is 0 Å². The van der Waals surface area contributed by atoms with E-state index in [1.165, 1.54) is 18.2 Å². The maximum Gasteiger partial charge on any atom is 0.135 e. The highest BCUT2D eigenvalue weighted by molar-refractivity contribution is 6.02. The second kappa shape index (κ2) is 6.49. The molecular formula is C19H19F2NO. The number of aliphatic imine (C=N–C) groups is 1. The van der Waals surface area contributed by atoms with Crippen LogP contribution in [0, 0.1) is 18.6 Å². The van der Waals surface area contributed by atoms with Crippen molar-refractivity contribution < 1.29 is 13.5 Å². The third kappa shape index (κ3) is 3.11. The van der Waals surface area contributed by atoms with E-state index in [1.54, 1.807) is 0 Å². The van der Waals surface area contributed by atoms with Crippen molar-refractivity contribution in [3.63, 3.8) is 0 Å². The first-order chi connectivity index (χ1) is 11.1. The van der Waals surface area contributed by atoms with Gasteiger partial charge in [-0.25, -0.2) is 8.78 Å². The van der Waals surface area contributed by atoms with Gasteiger partial charge in [-0.05, 0) is 50.5 Å². The molecule has 2 aromatic rings. The fourth-order valence-electron chi connectivity index (χ4n) is 2.98. The third-order valence-electron chi connectivity index (χ3n) is 4.05. The molecule has 0 saturated carbocycles. The van der Waals surface area contributed by atoms with E-state index in [2.05, 4.69) is 4.99 Å². The van der Waals surface area contributed by atoms with Gasteiger partial charge in [0.2, 0.25) is 0 Å². The maximum atomic E-state index is 13.9. The molecule has 0 radical (unpaired) electrons. The number of benzene rings is 2. The summed E-state index contributed by atoms with van der Waals surface area (Å²) in [5.41, 5.74) is 2.58. The zero-order chi connectivity index (χ0) is 16.4. The molecule has 1 aliphatic rings. The van der Waals surface area contributed by atoms with Crippen molar-refractivity contribution in [2.45, 2.75) is 32.7 Å². The third-order valence-corrected chi connectivity index (χ3v) is 4.05. The van der Waals surface area contributed by atoms with Gasteiger partial charge < -0.3 is 4.74 Å². The lowest BCUT2D eigenvalue weighted by Gasteiger charge is -2.14. The first-order valence-corrected chi connectivity index (χ1v) is 7.84. The molecule has 0 aromatic heterocycles. The quantitative estimate of drug-likeness (QED) is 0.778. The van der Waals surface area contributed by atoms with Crippen molar-refractivity contribution >= 4 is 5.71 Å². The highest BCUT2D eigenvalue weighted by atomic mass is 19.1. The summed E-state index contributed by atoms with van der Waals surface area (Å²) in [5.74, 6) is -0.312. The molecule has 1 heterocycles. The molecule has 1 unspecified atom stereocenters. The summed E-state index contributed by atoms with van der Waals surface area (Å²) in [6, 6.07) is 9.78. The van der Waals surface area contributed by atoms with Crippen molar-refractivity contribution in [3.05, 3.63) is 64.7 Å². The van der Waals surface area contributed by atoms with Crippen LogP contribution in [0.2, 0.25) is 0 Å². The predicted octanol–water partition coefficient (Wildman–Crippen LogP) is 5.00. The Kier molecular flexibility index (Phi) is 4.42. The lowest BCUT2D eigenvalue weighted by molar-refractivity contribution is 0.334. The van der Waals surface area contributed by atoms with Crippen molar-refractivity contribution in [1.29, 1.82) is 0 Å². The molecule has 120 valence electrons. The van der Waals surface area contributed by atoms with Crippen molar-refractivity contribution in [2.75, 3.05) is 6.61 Å². The van der Waals surface area contributed by atoms with Crippen LogP contribution in [0.4, 0.5) is 8.78 Å². The fraction of sp³-hybridized carbons (Fsp3) is 0.316. The molecular weight excluding hydrogens is 296 g/mol. The van der Waals surface area contributed by atoms with Crippen LogP contribution in [0.1, 0.15) is 42.5 Å². The molecule has 1 aliphatic heterocycles. The van der Waals surface area contributed by atoms with Crippen LogP contribution in [0.3, 0.4) is 0 Å². The average molecular weight is 315 g/mol. The molecule has 2 nitrogen and oxygen atoms in total. The Hall–Kier alpha value is -2.23. The van der Waals surface area contributed by atoms with Gasteiger partial charge in [0, 0.05) is 11.3 Å². The zero-order valence-electron chi connectivity index (χ0n) is 13.3. The summed E-state index contributed by atoms with van der Waals surface area (Å²) in [4.78, 5) is 4.58. The highest BCUT2D eigenvalue weighted by Crippen LogP contribution is 2.37. The Morgan fingerprint density at radius 2 is 1.91 bits per heavy atom. The number of nitrogens with zero attached hydrogens (tertiary/aromatic N) is 1. The van der Waals surface area contributed by atoms with E-state index in [0.29, 0.717) is 18.7 Å². The molecule has 0 N–H and O–H groups in total. The topological polar surface area (TPSA) is 21.6 Å². The first kappa shape index (κ1) is 15.7. The number of ether oxygens (including phenoxy) is 1. The zero-order valence-corrected chi connectivity index (χ0v) is 13.3.